The number of rotatable bonds is 3. The van der Waals surface area contributed by atoms with Crippen molar-refractivity contribution in [3.05, 3.63) is 0 Å². The van der Waals surface area contributed by atoms with Gasteiger partial charge in [-0.15, -0.1) is 0 Å². The van der Waals surface area contributed by atoms with E-state index in [9.17, 15) is 0 Å². The van der Waals surface area contributed by atoms with Crippen molar-refractivity contribution >= 4 is 8.32 Å². The zero-order chi connectivity index (χ0) is 14.5. The molecule has 1 nitrogen and oxygen atoms in total. The lowest BCUT2D eigenvalue weighted by atomic mass is 9.65. The molecule has 0 aromatic rings. The number of hydrogen-bond donors (Lipinski definition) is 0. The van der Waals surface area contributed by atoms with E-state index >= 15 is 0 Å². The Morgan fingerprint density at radius 3 is 1.95 bits per heavy atom. The van der Waals surface area contributed by atoms with Crippen LogP contribution < -0.4 is 0 Å². The second-order valence-electron chi connectivity index (χ2n) is 9.48. The third-order valence-corrected chi connectivity index (χ3v) is 10.9. The molecule has 0 N–H and O–H groups in total. The molecule has 5 saturated carbocycles. The molecule has 0 aromatic carbocycles. The topological polar surface area (TPSA) is 9.23 Å². The highest BCUT2D eigenvalue weighted by atomic mass is 28.4. The lowest BCUT2D eigenvalue weighted by Crippen LogP contribution is -2.53. The predicted molar refractivity (Wildman–Crippen MR) is 90.9 cm³/mol. The van der Waals surface area contributed by atoms with Crippen LogP contribution in [0.25, 0.3) is 0 Å². The lowest BCUT2D eigenvalue weighted by Gasteiger charge is -2.52. The number of hydrogen-bond acceptors (Lipinski definition) is 1. The van der Waals surface area contributed by atoms with E-state index in [-0.39, 0.29) is 0 Å². The Hall–Kier alpha value is 0.177. The molecule has 0 amide bonds. The van der Waals surface area contributed by atoms with Gasteiger partial charge in [-0.05, 0) is 68.5 Å². The zero-order valence-corrected chi connectivity index (χ0v) is 15.2. The van der Waals surface area contributed by atoms with E-state index in [1.165, 1.54) is 77.0 Å². The summed E-state index contributed by atoms with van der Waals surface area (Å²) in [4.78, 5) is 0. The van der Waals surface area contributed by atoms with Crippen molar-refractivity contribution in [2.45, 2.75) is 101 Å². The maximum atomic E-state index is 7.20. The minimum atomic E-state index is -1.51. The van der Waals surface area contributed by atoms with E-state index < -0.39 is 8.32 Å². The molecule has 120 valence electrons. The number of fused-ring (bicyclic) bond motifs is 1. The minimum Gasteiger partial charge on any atom is -0.412 e. The van der Waals surface area contributed by atoms with Crippen molar-refractivity contribution in [2.75, 3.05) is 0 Å². The normalized spacial score (nSPS) is 44.0. The Morgan fingerprint density at radius 1 is 0.762 bits per heavy atom. The molecule has 2 unspecified atom stereocenters. The van der Waals surface area contributed by atoms with Gasteiger partial charge in [-0.25, -0.2) is 0 Å². The summed E-state index contributed by atoms with van der Waals surface area (Å²) in [5.74, 6) is 3.03. The molecule has 2 heteroatoms. The first-order valence-corrected chi connectivity index (χ1v) is 12.7. The standard InChI is InChI=1S/C19H34OSi/c1-21(2,18-6-4-3-5-7-18)20-19-12-15-8-9-16(13-19)11-17(10-15)14-19/h15-18H,3-14H2,1-2H3. The molecule has 2 atom stereocenters. The fourth-order valence-corrected chi connectivity index (χ4v) is 10.0. The first kappa shape index (κ1) is 14.7. The van der Waals surface area contributed by atoms with E-state index in [4.69, 9.17) is 4.43 Å². The lowest BCUT2D eigenvalue weighted by molar-refractivity contribution is -0.0588. The van der Waals surface area contributed by atoms with Crippen LogP contribution in [0, 0.1) is 17.8 Å². The second-order valence-corrected chi connectivity index (χ2v) is 13.7. The smallest absolute Gasteiger partial charge is 0.190 e. The first-order valence-electron chi connectivity index (χ1n) is 9.75. The van der Waals surface area contributed by atoms with E-state index in [2.05, 4.69) is 13.1 Å². The molecule has 4 bridgehead atoms. The van der Waals surface area contributed by atoms with Crippen LogP contribution in [0.4, 0.5) is 0 Å². The van der Waals surface area contributed by atoms with Crippen LogP contribution in [0.5, 0.6) is 0 Å². The third kappa shape index (κ3) is 2.87. The van der Waals surface area contributed by atoms with Gasteiger partial charge in [-0.1, -0.05) is 44.9 Å². The first-order chi connectivity index (χ1) is 10.0. The second kappa shape index (κ2) is 5.37. The largest absolute Gasteiger partial charge is 0.412 e. The summed E-state index contributed by atoms with van der Waals surface area (Å²) < 4.78 is 7.20. The molecular formula is C19H34OSi. The van der Waals surface area contributed by atoms with Gasteiger partial charge in [0.2, 0.25) is 0 Å². The van der Waals surface area contributed by atoms with E-state index in [1.807, 2.05) is 0 Å². The molecule has 5 fully saturated rings. The van der Waals surface area contributed by atoms with Crippen LogP contribution in [0.2, 0.25) is 18.6 Å². The van der Waals surface area contributed by atoms with Gasteiger partial charge in [-0.2, -0.15) is 0 Å². The Kier molecular flexibility index (Phi) is 3.77. The summed E-state index contributed by atoms with van der Waals surface area (Å²) in [6.45, 7) is 5.11. The van der Waals surface area contributed by atoms with Crippen LogP contribution >= 0.6 is 0 Å². The summed E-state index contributed by atoms with van der Waals surface area (Å²) in [7, 11) is -1.51. The van der Waals surface area contributed by atoms with Crippen LogP contribution in [-0.4, -0.2) is 13.9 Å². The Morgan fingerprint density at radius 2 is 1.33 bits per heavy atom. The molecular weight excluding hydrogens is 272 g/mol. The minimum absolute atomic E-state index is 0.334. The van der Waals surface area contributed by atoms with Gasteiger partial charge >= 0.3 is 0 Å². The van der Waals surface area contributed by atoms with Gasteiger partial charge in [0.05, 0.1) is 5.60 Å². The van der Waals surface area contributed by atoms with Gasteiger partial charge in [0.25, 0.3) is 0 Å². The summed E-state index contributed by atoms with van der Waals surface area (Å²) in [5.41, 5.74) is 1.28. The van der Waals surface area contributed by atoms with Crippen molar-refractivity contribution in [1.82, 2.24) is 0 Å². The summed E-state index contributed by atoms with van der Waals surface area (Å²) in [6.07, 6.45) is 17.7. The van der Waals surface area contributed by atoms with Crippen LogP contribution in [0.1, 0.15) is 77.0 Å². The SMILES string of the molecule is C[Si](C)(OC12CC3CCC(CC(C3)C1)C2)C1CCCCC1. The molecule has 0 spiro atoms. The van der Waals surface area contributed by atoms with Gasteiger partial charge in [0.15, 0.2) is 8.32 Å². The van der Waals surface area contributed by atoms with E-state index in [0.717, 1.165) is 23.3 Å². The molecule has 0 aliphatic heterocycles. The average molecular weight is 307 g/mol. The van der Waals surface area contributed by atoms with Crippen molar-refractivity contribution in [3.63, 3.8) is 0 Å². The Bertz CT molecular complexity index is 369. The van der Waals surface area contributed by atoms with E-state index in [0.29, 0.717) is 5.60 Å². The van der Waals surface area contributed by atoms with Gasteiger partial charge in [0, 0.05) is 0 Å². The molecule has 5 aliphatic rings. The van der Waals surface area contributed by atoms with Crippen LogP contribution in [0.15, 0.2) is 0 Å². The van der Waals surface area contributed by atoms with Crippen molar-refractivity contribution in [3.8, 4) is 0 Å². The highest BCUT2D eigenvalue weighted by molar-refractivity contribution is 6.72. The highest BCUT2D eigenvalue weighted by Gasteiger charge is 2.52. The van der Waals surface area contributed by atoms with Gasteiger partial charge in [0.1, 0.15) is 0 Å². The van der Waals surface area contributed by atoms with Crippen LogP contribution in [0.3, 0.4) is 0 Å². The maximum absolute atomic E-state index is 7.20. The predicted octanol–water partition coefficient (Wildman–Crippen LogP) is 5.90. The highest BCUT2D eigenvalue weighted by Crippen LogP contribution is 2.56. The maximum Gasteiger partial charge on any atom is 0.190 e. The molecule has 0 aromatic heterocycles. The molecule has 0 radical (unpaired) electrons. The van der Waals surface area contributed by atoms with Crippen LogP contribution in [-0.2, 0) is 4.43 Å². The van der Waals surface area contributed by atoms with Crippen molar-refractivity contribution in [1.29, 1.82) is 0 Å². The summed E-state index contributed by atoms with van der Waals surface area (Å²) >= 11 is 0. The van der Waals surface area contributed by atoms with Crippen molar-refractivity contribution < 1.29 is 4.43 Å². The molecule has 5 rings (SSSR count). The quantitative estimate of drug-likeness (QED) is 0.590. The van der Waals surface area contributed by atoms with E-state index in [1.54, 1.807) is 0 Å². The van der Waals surface area contributed by atoms with Gasteiger partial charge in [-0.3, -0.25) is 0 Å². The molecule has 0 heterocycles. The zero-order valence-electron chi connectivity index (χ0n) is 14.2. The van der Waals surface area contributed by atoms with Gasteiger partial charge < -0.3 is 4.43 Å². The Labute approximate surface area is 132 Å². The molecule has 21 heavy (non-hydrogen) atoms. The molecule has 0 saturated heterocycles. The summed E-state index contributed by atoms with van der Waals surface area (Å²) in [5, 5.41) is 0. The fourth-order valence-electron chi connectivity index (χ4n) is 6.68. The monoisotopic (exact) mass is 306 g/mol. The summed E-state index contributed by atoms with van der Waals surface area (Å²) in [6, 6.07) is 0. The third-order valence-electron chi connectivity index (χ3n) is 7.37. The van der Waals surface area contributed by atoms with Crippen molar-refractivity contribution in [2.24, 2.45) is 17.8 Å². The molecule has 5 aliphatic carbocycles. The average Bonchev–Trinajstić information content (AvgIpc) is 2.64. The Balaban J connectivity index is 1.52. The fraction of sp³-hybridized carbons (Fsp3) is 1.00.